The standard InChI is InChI=1S/C17H24N4O7S/c1-12(17(23)20-8-4-5-9-20)28-16(22)11-18-29(26,27)13-6-7-14(19(2)3)15(10-13)21(24)25/h6-7,10,12,18H,4-5,8-9,11H2,1-3H3. The molecule has 1 heterocycles. The van der Waals surface area contributed by atoms with E-state index in [9.17, 15) is 28.1 Å². The van der Waals surface area contributed by atoms with Gasteiger partial charge in [-0.25, -0.2) is 8.42 Å². The summed E-state index contributed by atoms with van der Waals surface area (Å²) in [6.45, 7) is 1.93. The molecule has 0 aromatic heterocycles. The molecule has 1 saturated heterocycles. The molecule has 1 N–H and O–H groups in total. The van der Waals surface area contributed by atoms with E-state index < -0.39 is 33.6 Å². The van der Waals surface area contributed by atoms with Crippen molar-refractivity contribution in [1.29, 1.82) is 0 Å². The highest BCUT2D eigenvalue weighted by atomic mass is 32.2. The van der Waals surface area contributed by atoms with Crippen LogP contribution in [0.15, 0.2) is 23.1 Å². The van der Waals surface area contributed by atoms with Gasteiger partial charge >= 0.3 is 5.97 Å². The van der Waals surface area contributed by atoms with Crippen LogP contribution in [0.5, 0.6) is 0 Å². The number of anilines is 1. The first-order chi connectivity index (χ1) is 13.5. The molecule has 0 saturated carbocycles. The Hall–Kier alpha value is -2.73. The van der Waals surface area contributed by atoms with E-state index in [0.717, 1.165) is 18.9 Å². The fraction of sp³-hybridized carbons (Fsp3) is 0.529. The molecule has 29 heavy (non-hydrogen) atoms. The van der Waals surface area contributed by atoms with Crippen LogP contribution in [0.2, 0.25) is 0 Å². The average Bonchev–Trinajstić information content (AvgIpc) is 3.19. The zero-order chi connectivity index (χ0) is 21.8. The molecule has 1 aliphatic rings. The van der Waals surface area contributed by atoms with E-state index in [4.69, 9.17) is 4.74 Å². The third kappa shape index (κ3) is 5.64. The van der Waals surface area contributed by atoms with Gasteiger partial charge < -0.3 is 14.5 Å². The quantitative estimate of drug-likeness (QED) is 0.359. The Balaban J connectivity index is 2.02. The normalized spacial score (nSPS) is 15.1. The summed E-state index contributed by atoms with van der Waals surface area (Å²) < 4.78 is 31.8. The number of carbonyl (C=O) groups excluding carboxylic acids is 2. The lowest BCUT2D eigenvalue weighted by molar-refractivity contribution is -0.384. The summed E-state index contributed by atoms with van der Waals surface area (Å²) in [5.41, 5.74) is -0.145. The molecule has 1 atom stereocenters. The van der Waals surface area contributed by atoms with Crippen molar-refractivity contribution < 1.29 is 27.7 Å². The minimum absolute atomic E-state index is 0.239. The lowest BCUT2D eigenvalue weighted by Crippen LogP contribution is -2.40. The molecule has 12 heteroatoms. The number of nitro benzene ring substituents is 1. The summed E-state index contributed by atoms with van der Waals surface area (Å²) in [7, 11) is -1.01. The second kappa shape index (κ2) is 9.18. The number of ether oxygens (including phenoxy) is 1. The Kier molecular flexibility index (Phi) is 7.14. The molecule has 1 aromatic rings. The van der Waals surface area contributed by atoms with Crippen molar-refractivity contribution in [2.24, 2.45) is 0 Å². The van der Waals surface area contributed by atoms with Gasteiger partial charge in [0.05, 0.1) is 9.82 Å². The van der Waals surface area contributed by atoms with E-state index in [1.54, 1.807) is 19.0 Å². The van der Waals surface area contributed by atoms with E-state index in [2.05, 4.69) is 0 Å². The molecule has 0 radical (unpaired) electrons. The molecule has 0 aliphatic carbocycles. The van der Waals surface area contributed by atoms with Crippen LogP contribution in [-0.2, 0) is 24.3 Å². The Morgan fingerprint density at radius 1 is 1.31 bits per heavy atom. The van der Waals surface area contributed by atoms with Crippen molar-refractivity contribution in [1.82, 2.24) is 9.62 Å². The fourth-order valence-electron chi connectivity index (χ4n) is 2.92. The van der Waals surface area contributed by atoms with Gasteiger partial charge in [-0.1, -0.05) is 0 Å². The van der Waals surface area contributed by atoms with E-state index >= 15 is 0 Å². The van der Waals surface area contributed by atoms with Gasteiger partial charge in [-0.05, 0) is 31.9 Å². The van der Waals surface area contributed by atoms with Crippen LogP contribution in [0.25, 0.3) is 0 Å². The SMILES string of the molecule is CC(OC(=O)CNS(=O)(=O)c1ccc(N(C)C)c([N+](=O)[O-])c1)C(=O)N1CCCC1. The first-order valence-corrected chi connectivity index (χ1v) is 10.4. The molecular weight excluding hydrogens is 404 g/mol. The molecule has 1 aliphatic heterocycles. The van der Waals surface area contributed by atoms with Crippen LogP contribution in [-0.4, -0.2) is 70.0 Å². The number of amides is 1. The largest absolute Gasteiger partial charge is 0.452 e. The summed E-state index contributed by atoms with van der Waals surface area (Å²) in [4.78, 5) is 37.3. The van der Waals surface area contributed by atoms with Crippen LogP contribution in [0.1, 0.15) is 19.8 Å². The lowest BCUT2D eigenvalue weighted by atomic mass is 10.2. The monoisotopic (exact) mass is 428 g/mol. The Morgan fingerprint density at radius 3 is 2.48 bits per heavy atom. The molecule has 160 valence electrons. The number of rotatable bonds is 8. The number of hydrogen-bond donors (Lipinski definition) is 1. The Labute approximate surface area is 168 Å². The topological polar surface area (TPSA) is 139 Å². The van der Waals surface area contributed by atoms with Crippen molar-refractivity contribution in [2.75, 3.05) is 38.6 Å². The van der Waals surface area contributed by atoms with Crippen LogP contribution in [0, 0.1) is 10.1 Å². The predicted octanol–water partition coefficient (Wildman–Crippen LogP) is 0.493. The van der Waals surface area contributed by atoms with Crippen molar-refractivity contribution in [3.05, 3.63) is 28.3 Å². The number of hydrogen-bond acceptors (Lipinski definition) is 8. The summed E-state index contributed by atoms with van der Waals surface area (Å²) in [5, 5.41) is 11.2. The molecule has 0 spiro atoms. The zero-order valence-corrected chi connectivity index (χ0v) is 17.3. The van der Waals surface area contributed by atoms with Gasteiger partial charge in [0.2, 0.25) is 10.0 Å². The Morgan fingerprint density at radius 2 is 1.93 bits per heavy atom. The molecule has 1 amide bonds. The Bertz CT molecular complexity index is 895. The van der Waals surface area contributed by atoms with Crippen molar-refractivity contribution >= 4 is 33.3 Å². The first kappa shape index (κ1) is 22.6. The number of benzene rings is 1. The number of likely N-dealkylation sites (tertiary alicyclic amines) is 1. The number of nitrogens with zero attached hydrogens (tertiary/aromatic N) is 3. The molecule has 2 rings (SSSR count). The zero-order valence-electron chi connectivity index (χ0n) is 16.5. The second-order valence-corrected chi connectivity index (χ2v) is 8.56. The van der Waals surface area contributed by atoms with Crippen molar-refractivity contribution in [3.8, 4) is 0 Å². The molecule has 1 aromatic carbocycles. The van der Waals surface area contributed by atoms with Gasteiger partial charge in [0.1, 0.15) is 12.2 Å². The van der Waals surface area contributed by atoms with E-state index in [0.29, 0.717) is 13.1 Å². The van der Waals surface area contributed by atoms with Gasteiger partial charge in [-0.15, -0.1) is 0 Å². The summed E-state index contributed by atoms with van der Waals surface area (Å²) in [5.74, 6) is -1.25. The average molecular weight is 428 g/mol. The third-order valence-electron chi connectivity index (χ3n) is 4.42. The third-order valence-corrected chi connectivity index (χ3v) is 5.81. The first-order valence-electron chi connectivity index (χ1n) is 8.96. The molecule has 1 fully saturated rings. The smallest absolute Gasteiger partial charge is 0.321 e. The molecular formula is C17H24N4O7S. The number of nitro groups is 1. The van der Waals surface area contributed by atoms with Gasteiger partial charge in [0, 0.05) is 33.3 Å². The maximum absolute atomic E-state index is 12.4. The van der Waals surface area contributed by atoms with Crippen LogP contribution in [0.3, 0.4) is 0 Å². The van der Waals surface area contributed by atoms with Gasteiger partial charge in [-0.2, -0.15) is 4.72 Å². The molecule has 11 nitrogen and oxygen atoms in total. The van der Waals surface area contributed by atoms with Crippen LogP contribution < -0.4 is 9.62 Å². The van der Waals surface area contributed by atoms with Gasteiger partial charge in [0.15, 0.2) is 6.10 Å². The van der Waals surface area contributed by atoms with Gasteiger partial charge in [0.25, 0.3) is 11.6 Å². The second-order valence-electron chi connectivity index (χ2n) is 6.79. The fourth-order valence-corrected chi connectivity index (χ4v) is 3.90. The van der Waals surface area contributed by atoms with Gasteiger partial charge in [-0.3, -0.25) is 19.7 Å². The lowest BCUT2D eigenvalue weighted by Gasteiger charge is -2.20. The summed E-state index contributed by atoms with van der Waals surface area (Å²) in [6, 6.07) is 3.43. The minimum Gasteiger partial charge on any atom is -0.452 e. The molecule has 0 bridgehead atoms. The van der Waals surface area contributed by atoms with Crippen molar-refractivity contribution in [2.45, 2.75) is 30.8 Å². The predicted molar refractivity (Wildman–Crippen MR) is 104 cm³/mol. The van der Waals surface area contributed by atoms with Crippen LogP contribution in [0.4, 0.5) is 11.4 Å². The van der Waals surface area contributed by atoms with E-state index in [1.165, 1.54) is 24.0 Å². The van der Waals surface area contributed by atoms with E-state index in [1.807, 2.05) is 4.72 Å². The highest BCUT2D eigenvalue weighted by Crippen LogP contribution is 2.29. The number of sulfonamides is 1. The molecule has 1 unspecified atom stereocenters. The number of esters is 1. The van der Waals surface area contributed by atoms with Crippen LogP contribution >= 0.6 is 0 Å². The highest BCUT2D eigenvalue weighted by molar-refractivity contribution is 7.89. The maximum atomic E-state index is 12.4. The summed E-state index contributed by atoms with van der Waals surface area (Å²) in [6.07, 6.45) is 0.765. The maximum Gasteiger partial charge on any atom is 0.321 e. The number of carbonyl (C=O) groups is 2. The summed E-state index contributed by atoms with van der Waals surface area (Å²) >= 11 is 0. The number of nitrogens with one attached hydrogen (secondary N) is 1. The van der Waals surface area contributed by atoms with Crippen molar-refractivity contribution in [3.63, 3.8) is 0 Å². The highest BCUT2D eigenvalue weighted by Gasteiger charge is 2.27. The minimum atomic E-state index is -4.19. The van der Waals surface area contributed by atoms with E-state index in [-0.39, 0.29) is 22.2 Å².